The Labute approximate surface area is 182 Å². The van der Waals surface area contributed by atoms with Crippen LogP contribution in [0.5, 0.6) is 0 Å². The van der Waals surface area contributed by atoms with Crippen molar-refractivity contribution in [1.29, 1.82) is 0 Å². The van der Waals surface area contributed by atoms with Gasteiger partial charge in [0.15, 0.2) is 0 Å². The van der Waals surface area contributed by atoms with Crippen molar-refractivity contribution in [2.24, 2.45) is 14.1 Å². The summed E-state index contributed by atoms with van der Waals surface area (Å²) in [6, 6.07) is 5.88. The second-order valence-electron chi connectivity index (χ2n) is 7.65. The molecule has 0 radical (unpaired) electrons. The second-order valence-corrected chi connectivity index (χ2v) is 8.66. The van der Waals surface area contributed by atoms with Crippen LogP contribution in [0.4, 0.5) is 10.9 Å². The lowest BCUT2D eigenvalue weighted by Gasteiger charge is -2.05. The molecule has 0 aliphatic rings. The van der Waals surface area contributed by atoms with Crippen molar-refractivity contribution in [3.05, 3.63) is 48.0 Å². The van der Waals surface area contributed by atoms with Gasteiger partial charge in [-0.1, -0.05) is 25.2 Å². The van der Waals surface area contributed by atoms with Crippen molar-refractivity contribution in [2.75, 3.05) is 5.32 Å². The van der Waals surface area contributed by atoms with E-state index in [0.717, 1.165) is 43.6 Å². The van der Waals surface area contributed by atoms with Crippen LogP contribution in [-0.4, -0.2) is 39.7 Å². The van der Waals surface area contributed by atoms with E-state index in [2.05, 4.69) is 44.5 Å². The van der Waals surface area contributed by atoms with Gasteiger partial charge < -0.3 is 5.32 Å². The summed E-state index contributed by atoms with van der Waals surface area (Å²) in [7, 11) is 3.80. The molecule has 10 heteroatoms. The van der Waals surface area contributed by atoms with Gasteiger partial charge in [0.2, 0.25) is 5.13 Å². The predicted molar refractivity (Wildman–Crippen MR) is 121 cm³/mol. The quantitative estimate of drug-likeness (QED) is 0.446. The predicted octanol–water partition coefficient (Wildman–Crippen LogP) is 4.15. The van der Waals surface area contributed by atoms with Crippen molar-refractivity contribution in [2.45, 2.75) is 19.8 Å². The number of nitrogens with zero attached hydrogens (tertiary/aromatic N) is 8. The zero-order valence-electron chi connectivity index (χ0n) is 17.6. The second kappa shape index (κ2) is 7.55. The molecular weight excluding hydrogens is 410 g/mol. The Kier molecular flexibility index (Phi) is 4.70. The summed E-state index contributed by atoms with van der Waals surface area (Å²) in [4.78, 5) is 9.35. The smallest absolute Gasteiger partial charge is 0.211 e. The Bertz CT molecular complexity index is 1380. The lowest BCUT2D eigenvalue weighted by atomic mass is 10.1. The zero-order chi connectivity index (χ0) is 21.5. The molecule has 9 nitrogen and oxygen atoms in total. The zero-order valence-corrected chi connectivity index (χ0v) is 18.4. The standard InChI is InChI=1S/C21H21N9S/c1-12(2)20-26-27-21(31-20)25-18-6-5-16-17(24-18)7-13(8-22-16)15-11-30(4)28-19(15)14-9-23-29(3)10-14/h5-12H,1-4H3,(H,24,25,27). The highest BCUT2D eigenvalue weighted by molar-refractivity contribution is 7.15. The first kappa shape index (κ1) is 19.3. The third-order valence-electron chi connectivity index (χ3n) is 4.82. The molecule has 0 amide bonds. The van der Waals surface area contributed by atoms with Crippen LogP contribution in [0.25, 0.3) is 33.4 Å². The Morgan fingerprint density at radius 2 is 1.84 bits per heavy atom. The number of pyridine rings is 2. The third kappa shape index (κ3) is 3.77. The maximum absolute atomic E-state index is 4.75. The first-order valence-electron chi connectivity index (χ1n) is 9.86. The molecule has 5 rings (SSSR count). The van der Waals surface area contributed by atoms with Crippen molar-refractivity contribution >= 4 is 33.3 Å². The van der Waals surface area contributed by atoms with E-state index in [4.69, 9.17) is 4.98 Å². The van der Waals surface area contributed by atoms with Gasteiger partial charge in [-0.3, -0.25) is 14.3 Å². The van der Waals surface area contributed by atoms with Gasteiger partial charge in [0.1, 0.15) is 16.5 Å². The van der Waals surface area contributed by atoms with Crippen LogP contribution in [-0.2, 0) is 14.1 Å². The minimum absolute atomic E-state index is 0.345. The molecule has 156 valence electrons. The number of hydrogen-bond donors (Lipinski definition) is 1. The highest BCUT2D eigenvalue weighted by atomic mass is 32.1. The Hall–Kier alpha value is -3.66. The summed E-state index contributed by atoms with van der Waals surface area (Å²) in [5.74, 6) is 1.05. The Morgan fingerprint density at radius 1 is 0.968 bits per heavy atom. The maximum atomic E-state index is 4.75. The van der Waals surface area contributed by atoms with E-state index in [0.29, 0.717) is 11.7 Å². The largest absolute Gasteiger partial charge is 0.315 e. The number of nitrogens with one attached hydrogen (secondary N) is 1. The third-order valence-corrected chi connectivity index (χ3v) is 5.96. The molecule has 5 aromatic rings. The number of aryl methyl sites for hydroxylation is 2. The molecule has 0 aromatic carbocycles. The normalized spacial score (nSPS) is 11.5. The number of hydrogen-bond acceptors (Lipinski definition) is 8. The van der Waals surface area contributed by atoms with Crippen molar-refractivity contribution in [1.82, 2.24) is 39.7 Å². The van der Waals surface area contributed by atoms with Gasteiger partial charge in [-0.2, -0.15) is 10.2 Å². The van der Waals surface area contributed by atoms with E-state index < -0.39 is 0 Å². The van der Waals surface area contributed by atoms with Gasteiger partial charge in [0, 0.05) is 55.3 Å². The summed E-state index contributed by atoms with van der Waals surface area (Å²) in [5, 5.41) is 22.3. The molecule has 0 saturated heterocycles. The first-order valence-corrected chi connectivity index (χ1v) is 10.7. The molecule has 0 aliphatic carbocycles. The number of fused-ring (bicyclic) bond motifs is 1. The Balaban J connectivity index is 1.51. The summed E-state index contributed by atoms with van der Waals surface area (Å²) in [6.07, 6.45) is 7.61. The van der Waals surface area contributed by atoms with Crippen LogP contribution < -0.4 is 5.32 Å². The fraction of sp³-hybridized carbons (Fsp3) is 0.238. The van der Waals surface area contributed by atoms with Gasteiger partial charge in [0.25, 0.3) is 0 Å². The first-order chi connectivity index (χ1) is 15.0. The van der Waals surface area contributed by atoms with Crippen LogP contribution in [0.1, 0.15) is 24.8 Å². The highest BCUT2D eigenvalue weighted by Crippen LogP contribution is 2.32. The summed E-state index contributed by atoms with van der Waals surface area (Å²) in [5.41, 5.74) is 5.36. The summed E-state index contributed by atoms with van der Waals surface area (Å²) in [6.45, 7) is 4.20. The van der Waals surface area contributed by atoms with Gasteiger partial charge in [-0.25, -0.2) is 4.98 Å². The van der Waals surface area contributed by atoms with E-state index in [9.17, 15) is 0 Å². The number of rotatable bonds is 5. The van der Waals surface area contributed by atoms with Crippen LogP contribution in [0.15, 0.2) is 43.0 Å². The summed E-state index contributed by atoms with van der Waals surface area (Å²) < 4.78 is 3.57. The topological polar surface area (TPSA) is 99.2 Å². The van der Waals surface area contributed by atoms with Gasteiger partial charge >= 0.3 is 0 Å². The maximum Gasteiger partial charge on any atom is 0.211 e. The van der Waals surface area contributed by atoms with Crippen LogP contribution in [0.3, 0.4) is 0 Å². The van der Waals surface area contributed by atoms with E-state index in [-0.39, 0.29) is 0 Å². The molecule has 0 unspecified atom stereocenters. The van der Waals surface area contributed by atoms with Gasteiger partial charge in [-0.05, 0) is 18.2 Å². The fourth-order valence-electron chi connectivity index (χ4n) is 3.31. The average molecular weight is 432 g/mol. The van der Waals surface area contributed by atoms with Crippen molar-refractivity contribution in [3.63, 3.8) is 0 Å². The molecule has 5 heterocycles. The molecule has 31 heavy (non-hydrogen) atoms. The van der Waals surface area contributed by atoms with Crippen LogP contribution >= 0.6 is 11.3 Å². The highest BCUT2D eigenvalue weighted by Gasteiger charge is 2.15. The summed E-state index contributed by atoms with van der Waals surface area (Å²) >= 11 is 1.54. The minimum atomic E-state index is 0.345. The molecule has 0 bridgehead atoms. The number of aromatic nitrogens is 8. The Morgan fingerprint density at radius 3 is 2.58 bits per heavy atom. The molecule has 5 aromatic heterocycles. The molecular formula is C21H21N9S. The van der Waals surface area contributed by atoms with E-state index in [1.165, 1.54) is 11.3 Å². The molecule has 0 fully saturated rings. The van der Waals surface area contributed by atoms with E-state index in [1.807, 2.05) is 57.1 Å². The van der Waals surface area contributed by atoms with Crippen LogP contribution in [0, 0.1) is 0 Å². The van der Waals surface area contributed by atoms with E-state index >= 15 is 0 Å². The average Bonchev–Trinajstić information content (AvgIpc) is 3.47. The SMILES string of the molecule is CC(C)c1nnc(Nc2ccc3ncc(-c4cn(C)nc4-c4cnn(C)c4)cc3n2)s1. The monoisotopic (exact) mass is 431 g/mol. The molecule has 0 aliphatic heterocycles. The van der Waals surface area contributed by atoms with Crippen molar-refractivity contribution in [3.8, 4) is 22.4 Å². The fourth-order valence-corrected chi connectivity index (χ4v) is 4.06. The van der Waals surface area contributed by atoms with Crippen molar-refractivity contribution < 1.29 is 0 Å². The minimum Gasteiger partial charge on any atom is -0.315 e. The lowest BCUT2D eigenvalue weighted by Crippen LogP contribution is -1.94. The number of anilines is 2. The van der Waals surface area contributed by atoms with Crippen LogP contribution in [0.2, 0.25) is 0 Å². The van der Waals surface area contributed by atoms with E-state index in [1.54, 1.807) is 9.36 Å². The van der Waals surface area contributed by atoms with Gasteiger partial charge in [-0.15, -0.1) is 10.2 Å². The molecule has 0 atom stereocenters. The molecule has 1 N–H and O–H groups in total. The molecule has 0 saturated carbocycles. The molecule has 0 spiro atoms. The lowest BCUT2D eigenvalue weighted by molar-refractivity contribution is 0.766. The van der Waals surface area contributed by atoms with Gasteiger partial charge in [0.05, 0.1) is 17.2 Å².